The molecule has 2 saturated heterocycles. The van der Waals surface area contributed by atoms with Gasteiger partial charge in [-0.15, -0.1) is 0 Å². The van der Waals surface area contributed by atoms with Crippen molar-refractivity contribution in [3.05, 3.63) is 33.3 Å². The minimum absolute atomic E-state index is 0.111. The number of halogens is 1. The third-order valence-corrected chi connectivity index (χ3v) is 4.92. The van der Waals surface area contributed by atoms with Gasteiger partial charge in [-0.3, -0.25) is 10.1 Å². The molecule has 1 unspecified atom stereocenters. The summed E-state index contributed by atoms with van der Waals surface area (Å²) < 4.78 is 0. The van der Waals surface area contributed by atoms with Gasteiger partial charge in [-0.1, -0.05) is 11.6 Å². The van der Waals surface area contributed by atoms with E-state index in [2.05, 4.69) is 10.2 Å². The molecule has 0 saturated carbocycles. The number of piperidine rings is 1. The highest BCUT2D eigenvalue weighted by molar-refractivity contribution is 6.30. The van der Waals surface area contributed by atoms with Crippen molar-refractivity contribution in [2.75, 3.05) is 24.5 Å². The summed E-state index contributed by atoms with van der Waals surface area (Å²) in [6.07, 6.45) is 4.73. The van der Waals surface area contributed by atoms with Crippen molar-refractivity contribution >= 4 is 23.0 Å². The van der Waals surface area contributed by atoms with Crippen molar-refractivity contribution in [2.45, 2.75) is 31.7 Å². The molecule has 1 aromatic carbocycles. The fourth-order valence-electron chi connectivity index (χ4n) is 3.57. The lowest BCUT2D eigenvalue weighted by Crippen LogP contribution is -2.41. The average Bonchev–Trinajstić information content (AvgIpc) is 3.01. The molecule has 5 nitrogen and oxygen atoms in total. The highest BCUT2D eigenvalue weighted by atomic mass is 35.5. The van der Waals surface area contributed by atoms with Gasteiger partial charge in [0.25, 0.3) is 5.69 Å². The van der Waals surface area contributed by atoms with Gasteiger partial charge in [0.15, 0.2) is 0 Å². The van der Waals surface area contributed by atoms with E-state index in [0.717, 1.165) is 32.5 Å². The van der Waals surface area contributed by atoms with Crippen LogP contribution < -0.4 is 10.2 Å². The number of nitro groups is 1. The summed E-state index contributed by atoms with van der Waals surface area (Å²) in [5, 5.41) is 15.2. The Morgan fingerprint density at radius 1 is 1.29 bits per heavy atom. The van der Waals surface area contributed by atoms with Gasteiger partial charge in [-0.25, -0.2) is 0 Å². The molecule has 6 heteroatoms. The Hall–Kier alpha value is -1.33. The summed E-state index contributed by atoms with van der Waals surface area (Å²) in [5.74, 6) is 0.704. The second-order valence-corrected chi connectivity index (χ2v) is 6.35. The summed E-state index contributed by atoms with van der Waals surface area (Å²) in [7, 11) is 0. The molecule has 0 bridgehead atoms. The summed E-state index contributed by atoms with van der Waals surface area (Å²) >= 11 is 5.88. The number of rotatable bonds is 3. The molecule has 0 spiro atoms. The summed E-state index contributed by atoms with van der Waals surface area (Å²) in [5.41, 5.74) is 0.808. The van der Waals surface area contributed by atoms with E-state index in [1.807, 2.05) is 0 Å². The molecule has 1 aromatic rings. The van der Waals surface area contributed by atoms with Crippen LogP contribution in [0.15, 0.2) is 18.2 Å². The van der Waals surface area contributed by atoms with E-state index < -0.39 is 0 Å². The van der Waals surface area contributed by atoms with Gasteiger partial charge >= 0.3 is 0 Å². The predicted octanol–water partition coefficient (Wildman–Crippen LogP) is 3.22. The van der Waals surface area contributed by atoms with Gasteiger partial charge in [-0.2, -0.15) is 0 Å². The first-order valence-corrected chi connectivity index (χ1v) is 7.95. The Morgan fingerprint density at radius 3 is 2.67 bits per heavy atom. The van der Waals surface area contributed by atoms with Gasteiger partial charge in [-0.05, 0) is 50.3 Å². The lowest BCUT2D eigenvalue weighted by Gasteiger charge is -2.35. The van der Waals surface area contributed by atoms with Crippen molar-refractivity contribution in [1.82, 2.24) is 5.32 Å². The third kappa shape index (κ3) is 3.14. The maximum absolute atomic E-state index is 11.2. The molecule has 0 radical (unpaired) electrons. The van der Waals surface area contributed by atoms with E-state index in [1.165, 1.54) is 18.9 Å². The van der Waals surface area contributed by atoms with Crippen molar-refractivity contribution < 1.29 is 4.92 Å². The SMILES string of the molecule is O=[N+]([O-])c1cc(Cl)ccc1N1CCC(C2CCCN2)CC1. The second-order valence-electron chi connectivity index (χ2n) is 5.92. The molecule has 2 fully saturated rings. The minimum Gasteiger partial charge on any atom is -0.366 e. The number of nitro benzene ring substituents is 1. The first-order valence-electron chi connectivity index (χ1n) is 7.57. The summed E-state index contributed by atoms with van der Waals surface area (Å²) in [6, 6.07) is 5.59. The van der Waals surface area contributed by atoms with Crippen LogP contribution in [-0.4, -0.2) is 30.6 Å². The zero-order valence-corrected chi connectivity index (χ0v) is 12.7. The van der Waals surface area contributed by atoms with Gasteiger partial charge in [0, 0.05) is 30.2 Å². The molecule has 0 aliphatic carbocycles. The molecule has 114 valence electrons. The molecular weight excluding hydrogens is 290 g/mol. The number of benzene rings is 1. The molecule has 21 heavy (non-hydrogen) atoms. The van der Waals surface area contributed by atoms with Crippen LogP contribution in [0.4, 0.5) is 11.4 Å². The van der Waals surface area contributed by atoms with Crippen LogP contribution in [0, 0.1) is 16.0 Å². The fourth-order valence-corrected chi connectivity index (χ4v) is 3.73. The number of hydrogen-bond donors (Lipinski definition) is 1. The number of anilines is 1. The molecule has 3 rings (SSSR count). The van der Waals surface area contributed by atoms with Crippen LogP contribution in [0.25, 0.3) is 0 Å². The Kier molecular flexibility index (Phi) is 4.31. The minimum atomic E-state index is -0.341. The molecule has 2 aliphatic heterocycles. The largest absolute Gasteiger partial charge is 0.366 e. The van der Waals surface area contributed by atoms with Crippen molar-refractivity contribution in [3.8, 4) is 0 Å². The highest BCUT2D eigenvalue weighted by Crippen LogP contribution is 2.34. The van der Waals surface area contributed by atoms with Crippen LogP contribution in [0.1, 0.15) is 25.7 Å². The topological polar surface area (TPSA) is 58.4 Å². The molecule has 1 atom stereocenters. The molecule has 2 aliphatic rings. The van der Waals surface area contributed by atoms with Crippen molar-refractivity contribution in [1.29, 1.82) is 0 Å². The van der Waals surface area contributed by atoms with E-state index in [1.54, 1.807) is 12.1 Å². The number of nitrogens with zero attached hydrogens (tertiary/aromatic N) is 2. The number of nitrogens with one attached hydrogen (secondary N) is 1. The fraction of sp³-hybridized carbons (Fsp3) is 0.600. The maximum Gasteiger partial charge on any atom is 0.294 e. The predicted molar refractivity (Wildman–Crippen MR) is 84.1 cm³/mol. The van der Waals surface area contributed by atoms with E-state index in [4.69, 9.17) is 11.6 Å². The normalized spacial score (nSPS) is 23.5. The van der Waals surface area contributed by atoms with E-state index in [0.29, 0.717) is 22.7 Å². The summed E-state index contributed by atoms with van der Waals surface area (Å²) in [4.78, 5) is 13.0. The van der Waals surface area contributed by atoms with E-state index >= 15 is 0 Å². The van der Waals surface area contributed by atoms with Crippen molar-refractivity contribution in [2.24, 2.45) is 5.92 Å². The highest BCUT2D eigenvalue weighted by Gasteiger charge is 2.30. The zero-order chi connectivity index (χ0) is 14.8. The molecular formula is C15H20ClN3O2. The van der Waals surface area contributed by atoms with E-state index in [-0.39, 0.29) is 10.6 Å². The van der Waals surface area contributed by atoms with Crippen LogP contribution in [0.3, 0.4) is 0 Å². The van der Waals surface area contributed by atoms with Crippen LogP contribution in [0.5, 0.6) is 0 Å². The lowest BCUT2D eigenvalue weighted by molar-refractivity contribution is -0.384. The molecule has 1 N–H and O–H groups in total. The average molecular weight is 310 g/mol. The standard InChI is InChI=1S/C15H20ClN3O2/c16-12-3-4-14(15(10-12)19(20)21)18-8-5-11(6-9-18)13-2-1-7-17-13/h3-4,10-11,13,17H,1-2,5-9H2. The molecule has 2 heterocycles. The van der Waals surface area contributed by atoms with Gasteiger partial charge in [0.2, 0.25) is 0 Å². The third-order valence-electron chi connectivity index (χ3n) is 4.68. The summed E-state index contributed by atoms with van der Waals surface area (Å²) in [6.45, 7) is 2.89. The first-order chi connectivity index (χ1) is 10.1. The second kappa shape index (κ2) is 6.20. The monoisotopic (exact) mass is 309 g/mol. The smallest absolute Gasteiger partial charge is 0.294 e. The quantitative estimate of drug-likeness (QED) is 0.688. The van der Waals surface area contributed by atoms with Crippen LogP contribution in [0.2, 0.25) is 5.02 Å². The van der Waals surface area contributed by atoms with Crippen molar-refractivity contribution in [3.63, 3.8) is 0 Å². The molecule has 0 amide bonds. The Bertz CT molecular complexity index is 524. The zero-order valence-electron chi connectivity index (χ0n) is 11.9. The molecule has 0 aromatic heterocycles. The first kappa shape index (κ1) is 14.6. The van der Waals surface area contributed by atoms with Gasteiger partial charge in [0.05, 0.1) is 4.92 Å². The van der Waals surface area contributed by atoms with E-state index in [9.17, 15) is 10.1 Å². The van der Waals surface area contributed by atoms with Gasteiger partial charge < -0.3 is 10.2 Å². The Morgan fingerprint density at radius 2 is 2.05 bits per heavy atom. The van der Waals surface area contributed by atoms with Crippen LogP contribution in [-0.2, 0) is 0 Å². The van der Waals surface area contributed by atoms with Gasteiger partial charge in [0.1, 0.15) is 5.69 Å². The van der Waals surface area contributed by atoms with Crippen LogP contribution >= 0.6 is 11.6 Å². The Balaban J connectivity index is 1.70. The Labute approximate surface area is 129 Å². The lowest BCUT2D eigenvalue weighted by atomic mass is 9.88. The maximum atomic E-state index is 11.2. The number of hydrogen-bond acceptors (Lipinski definition) is 4.